The Balaban J connectivity index is 2.37. The van der Waals surface area contributed by atoms with Crippen molar-refractivity contribution < 1.29 is 19.1 Å². The lowest BCUT2D eigenvalue weighted by Gasteiger charge is -2.22. The van der Waals surface area contributed by atoms with Crippen LogP contribution in [0.5, 0.6) is 11.5 Å². The van der Waals surface area contributed by atoms with Crippen molar-refractivity contribution in [2.24, 2.45) is 5.92 Å². The fourth-order valence-corrected chi connectivity index (χ4v) is 3.41. The smallest absolute Gasteiger partial charge is 0.317 e. The average Bonchev–Trinajstić information content (AvgIpc) is 3.05. The molecule has 1 heterocycles. The average molecular weight is 377 g/mol. The molecular formula is C20H31N3O4. The number of hydrogen-bond donors (Lipinski definition) is 2. The van der Waals surface area contributed by atoms with Crippen LogP contribution in [0.1, 0.15) is 39.2 Å². The lowest BCUT2D eigenvalue weighted by atomic mass is 9.87. The number of ether oxygens (including phenoxy) is 2. The number of carbonyl (C=O) groups is 2. The van der Waals surface area contributed by atoms with Gasteiger partial charge in [0.1, 0.15) is 11.5 Å². The third-order valence-electron chi connectivity index (χ3n) is 4.62. The molecule has 0 aromatic heterocycles. The molecule has 1 aromatic rings. The minimum absolute atomic E-state index is 0.0314. The second kappa shape index (κ2) is 8.97. The first kappa shape index (κ1) is 20.9. The first-order valence-electron chi connectivity index (χ1n) is 9.34. The molecule has 150 valence electrons. The maximum atomic E-state index is 12.8. The summed E-state index contributed by atoms with van der Waals surface area (Å²) >= 11 is 0. The summed E-state index contributed by atoms with van der Waals surface area (Å²) in [7, 11) is 3.21. The molecule has 1 fully saturated rings. The Morgan fingerprint density at radius 3 is 2.26 bits per heavy atom. The summed E-state index contributed by atoms with van der Waals surface area (Å²) in [6.45, 7) is 8.49. The molecule has 27 heavy (non-hydrogen) atoms. The highest BCUT2D eigenvalue weighted by molar-refractivity contribution is 5.83. The van der Waals surface area contributed by atoms with Gasteiger partial charge in [0.15, 0.2) is 0 Å². The Morgan fingerprint density at radius 1 is 1.04 bits per heavy atom. The number of hydrogen-bond acceptors (Lipinski definition) is 4. The fraction of sp³-hybridized carbons (Fsp3) is 0.600. The minimum Gasteiger partial charge on any atom is -0.497 e. The van der Waals surface area contributed by atoms with Gasteiger partial charge >= 0.3 is 6.03 Å². The number of nitrogens with zero attached hydrogens (tertiary/aromatic N) is 1. The second-order valence-corrected chi connectivity index (χ2v) is 7.49. The van der Waals surface area contributed by atoms with Gasteiger partial charge in [0.2, 0.25) is 5.91 Å². The van der Waals surface area contributed by atoms with Gasteiger partial charge in [-0.25, -0.2) is 4.79 Å². The third-order valence-corrected chi connectivity index (χ3v) is 4.62. The summed E-state index contributed by atoms with van der Waals surface area (Å²) in [6.07, 6.45) is 0. The number of rotatable bonds is 6. The first-order valence-corrected chi connectivity index (χ1v) is 9.34. The lowest BCUT2D eigenvalue weighted by Crippen LogP contribution is -2.43. The number of urea groups is 1. The topological polar surface area (TPSA) is 79.9 Å². The SMILES string of the molecule is COc1ccc(OC)c([C@@H]2CN(C(=O)NC(C)C)C[C@@H]2C(=O)NC(C)C)c1. The van der Waals surface area contributed by atoms with Crippen molar-refractivity contribution in [1.82, 2.24) is 15.5 Å². The Morgan fingerprint density at radius 2 is 1.70 bits per heavy atom. The molecule has 1 aromatic carbocycles. The standard InChI is InChI=1S/C20H31N3O4/c1-12(2)21-19(24)17-11-23(20(25)22-13(3)4)10-16(17)15-9-14(26-5)7-8-18(15)27-6/h7-9,12-13,16-17H,10-11H2,1-6H3,(H,21,24)(H,22,25)/t16-,17-/m0/s1. The van der Waals surface area contributed by atoms with E-state index >= 15 is 0 Å². The lowest BCUT2D eigenvalue weighted by molar-refractivity contribution is -0.125. The molecule has 1 aliphatic heterocycles. The quantitative estimate of drug-likeness (QED) is 0.798. The Bertz CT molecular complexity index is 675. The molecule has 7 heteroatoms. The third kappa shape index (κ3) is 5.05. The molecule has 2 rings (SSSR count). The Hall–Kier alpha value is -2.44. The first-order chi connectivity index (χ1) is 12.8. The number of amides is 3. The van der Waals surface area contributed by atoms with Gasteiger partial charge in [-0.3, -0.25) is 4.79 Å². The van der Waals surface area contributed by atoms with Crippen molar-refractivity contribution in [2.45, 2.75) is 45.7 Å². The predicted octanol–water partition coefficient (Wildman–Crippen LogP) is 2.36. The van der Waals surface area contributed by atoms with Crippen LogP contribution < -0.4 is 20.1 Å². The second-order valence-electron chi connectivity index (χ2n) is 7.49. The van der Waals surface area contributed by atoms with E-state index in [0.717, 1.165) is 5.56 Å². The molecule has 0 saturated carbocycles. The van der Waals surface area contributed by atoms with E-state index in [2.05, 4.69) is 10.6 Å². The van der Waals surface area contributed by atoms with Gasteiger partial charge in [-0.05, 0) is 45.9 Å². The molecule has 1 saturated heterocycles. The van der Waals surface area contributed by atoms with Crippen LogP contribution in [0.25, 0.3) is 0 Å². The van der Waals surface area contributed by atoms with E-state index in [1.807, 2.05) is 45.9 Å². The van der Waals surface area contributed by atoms with Crippen molar-refractivity contribution in [3.8, 4) is 11.5 Å². The maximum Gasteiger partial charge on any atom is 0.317 e. The van der Waals surface area contributed by atoms with Gasteiger partial charge in [0.05, 0.1) is 20.1 Å². The minimum atomic E-state index is -0.355. The van der Waals surface area contributed by atoms with Crippen molar-refractivity contribution >= 4 is 11.9 Å². The number of likely N-dealkylation sites (tertiary alicyclic amines) is 1. The van der Waals surface area contributed by atoms with E-state index in [1.165, 1.54) is 0 Å². The van der Waals surface area contributed by atoms with Crippen LogP contribution in [0.3, 0.4) is 0 Å². The highest BCUT2D eigenvalue weighted by Crippen LogP contribution is 2.39. The van der Waals surface area contributed by atoms with E-state index in [-0.39, 0.29) is 35.9 Å². The van der Waals surface area contributed by atoms with Crippen molar-refractivity contribution in [1.29, 1.82) is 0 Å². The summed E-state index contributed by atoms with van der Waals surface area (Å²) in [5.41, 5.74) is 0.876. The molecular weight excluding hydrogens is 346 g/mol. The molecule has 0 radical (unpaired) electrons. The van der Waals surface area contributed by atoms with Crippen LogP contribution in [0.2, 0.25) is 0 Å². The number of nitrogens with one attached hydrogen (secondary N) is 2. The van der Waals surface area contributed by atoms with Crippen LogP contribution in [-0.2, 0) is 4.79 Å². The van der Waals surface area contributed by atoms with Gasteiger partial charge in [-0.1, -0.05) is 0 Å². The number of methoxy groups -OCH3 is 2. The molecule has 2 atom stereocenters. The van der Waals surface area contributed by atoms with E-state index in [1.54, 1.807) is 19.1 Å². The van der Waals surface area contributed by atoms with Crippen LogP contribution in [-0.4, -0.2) is 56.2 Å². The van der Waals surface area contributed by atoms with Gasteiger partial charge in [-0.15, -0.1) is 0 Å². The zero-order chi connectivity index (χ0) is 20.1. The van der Waals surface area contributed by atoms with Crippen LogP contribution in [0, 0.1) is 5.92 Å². The highest BCUT2D eigenvalue weighted by atomic mass is 16.5. The van der Waals surface area contributed by atoms with E-state index < -0.39 is 0 Å². The molecule has 1 aliphatic rings. The molecule has 3 amide bonds. The molecule has 0 bridgehead atoms. The monoisotopic (exact) mass is 377 g/mol. The van der Waals surface area contributed by atoms with Gasteiger partial charge in [-0.2, -0.15) is 0 Å². The number of carbonyl (C=O) groups excluding carboxylic acids is 2. The summed E-state index contributed by atoms with van der Waals surface area (Å²) in [4.78, 5) is 27.1. The Kier molecular flexibility index (Phi) is 6.93. The fourth-order valence-electron chi connectivity index (χ4n) is 3.41. The van der Waals surface area contributed by atoms with Crippen LogP contribution >= 0.6 is 0 Å². The Labute approximate surface area is 161 Å². The molecule has 2 N–H and O–H groups in total. The summed E-state index contributed by atoms with van der Waals surface area (Å²) in [5.74, 6) is 0.797. The van der Waals surface area contributed by atoms with E-state index in [4.69, 9.17) is 9.47 Å². The zero-order valence-electron chi connectivity index (χ0n) is 17.0. The molecule has 0 spiro atoms. The summed E-state index contributed by atoms with van der Waals surface area (Å²) in [6, 6.07) is 5.46. The van der Waals surface area contributed by atoms with E-state index in [9.17, 15) is 9.59 Å². The highest BCUT2D eigenvalue weighted by Gasteiger charge is 2.42. The van der Waals surface area contributed by atoms with Gasteiger partial charge in [0, 0.05) is 36.7 Å². The van der Waals surface area contributed by atoms with Crippen molar-refractivity contribution in [2.75, 3.05) is 27.3 Å². The largest absolute Gasteiger partial charge is 0.497 e. The molecule has 0 aliphatic carbocycles. The van der Waals surface area contributed by atoms with Gasteiger partial charge < -0.3 is 25.0 Å². The summed E-state index contributed by atoms with van der Waals surface area (Å²) < 4.78 is 10.9. The van der Waals surface area contributed by atoms with Gasteiger partial charge in [0.25, 0.3) is 0 Å². The number of benzene rings is 1. The maximum absolute atomic E-state index is 12.8. The van der Waals surface area contributed by atoms with E-state index in [0.29, 0.717) is 24.6 Å². The van der Waals surface area contributed by atoms with Crippen LogP contribution in [0.15, 0.2) is 18.2 Å². The summed E-state index contributed by atoms with van der Waals surface area (Å²) in [5, 5.41) is 5.89. The van der Waals surface area contributed by atoms with Crippen molar-refractivity contribution in [3.63, 3.8) is 0 Å². The normalized spacial score (nSPS) is 19.3. The molecule has 7 nitrogen and oxygen atoms in total. The molecule has 0 unspecified atom stereocenters. The van der Waals surface area contributed by atoms with Crippen LogP contribution in [0.4, 0.5) is 4.79 Å². The zero-order valence-corrected chi connectivity index (χ0v) is 17.0. The predicted molar refractivity (Wildman–Crippen MR) is 104 cm³/mol. The van der Waals surface area contributed by atoms with Crippen molar-refractivity contribution in [3.05, 3.63) is 23.8 Å².